The molecule has 0 aromatic rings. The topological polar surface area (TPSA) is 26.3 Å². The molecule has 0 saturated carbocycles. The van der Waals surface area contributed by atoms with Crippen molar-refractivity contribution < 1.29 is 9.53 Å². The van der Waals surface area contributed by atoms with Crippen molar-refractivity contribution in [2.24, 2.45) is 0 Å². The number of rotatable bonds is 19. The van der Waals surface area contributed by atoms with Gasteiger partial charge in [0.25, 0.3) is 0 Å². The highest BCUT2D eigenvalue weighted by Gasteiger charge is 2.29. The molecule has 0 rings (SSSR count). The Morgan fingerprint density at radius 1 is 0.615 bits per heavy atom. The van der Waals surface area contributed by atoms with E-state index in [1.807, 2.05) is 0 Å². The van der Waals surface area contributed by atoms with Gasteiger partial charge >= 0.3 is 5.97 Å². The predicted molar refractivity (Wildman–Crippen MR) is 115 cm³/mol. The predicted octanol–water partition coefficient (Wildman–Crippen LogP) is 8.37. The molecule has 2 heteroatoms. The maximum Gasteiger partial charge on any atom is 0.306 e. The minimum Gasteiger partial charge on any atom is -0.459 e. The van der Waals surface area contributed by atoms with Crippen LogP contribution in [0.4, 0.5) is 0 Å². The van der Waals surface area contributed by atoms with Crippen LogP contribution in [0, 0.1) is 0 Å². The van der Waals surface area contributed by atoms with E-state index in [0.29, 0.717) is 6.42 Å². The van der Waals surface area contributed by atoms with Crippen molar-refractivity contribution in [1.82, 2.24) is 0 Å². The molecule has 0 aromatic carbocycles. The molecule has 0 spiro atoms. The molecule has 156 valence electrons. The smallest absolute Gasteiger partial charge is 0.306 e. The van der Waals surface area contributed by atoms with Crippen molar-refractivity contribution in [2.75, 3.05) is 0 Å². The summed E-state index contributed by atoms with van der Waals surface area (Å²) in [5.74, 6) is 0.0288. The summed E-state index contributed by atoms with van der Waals surface area (Å²) in [5.41, 5.74) is -0.204. The van der Waals surface area contributed by atoms with Crippen molar-refractivity contribution in [2.45, 2.75) is 149 Å². The lowest BCUT2D eigenvalue weighted by molar-refractivity contribution is -0.162. The summed E-state index contributed by atoms with van der Waals surface area (Å²) in [6.07, 6.45) is 21.6. The van der Waals surface area contributed by atoms with Gasteiger partial charge in [-0.05, 0) is 32.1 Å². The minimum absolute atomic E-state index is 0.0288. The maximum absolute atomic E-state index is 12.2. The van der Waals surface area contributed by atoms with Crippen molar-refractivity contribution in [3.05, 3.63) is 0 Å². The summed E-state index contributed by atoms with van der Waals surface area (Å²) in [4.78, 5) is 12.2. The summed E-state index contributed by atoms with van der Waals surface area (Å²) in [6.45, 7) is 8.81. The molecule has 0 radical (unpaired) electrons. The molecular weight excluding hydrogens is 320 g/mol. The maximum atomic E-state index is 12.2. The van der Waals surface area contributed by atoms with Gasteiger partial charge in [0.05, 0.1) is 0 Å². The van der Waals surface area contributed by atoms with E-state index in [2.05, 4.69) is 27.7 Å². The van der Waals surface area contributed by atoms with E-state index in [1.165, 1.54) is 83.5 Å². The van der Waals surface area contributed by atoms with Crippen LogP contribution >= 0.6 is 0 Å². The number of esters is 1. The molecule has 0 amide bonds. The molecule has 0 aliphatic carbocycles. The largest absolute Gasteiger partial charge is 0.459 e. The van der Waals surface area contributed by atoms with Crippen molar-refractivity contribution in [3.63, 3.8) is 0 Å². The molecule has 26 heavy (non-hydrogen) atoms. The van der Waals surface area contributed by atoms with E-state index in [1.54, 1.807) is 0 Å². The van der Waals surface area contributed by atoms with Crippen LogP contribution in [-0.4, -0.2) is 11.6 Å². The van der Waals surface area contributed by atoms with Gasteiger partial charge in [-0.15, -0.1) is 0 Å². The average Bonchev–Trinajstić information content (AvgIpc) is 2.65. The fraction of sp³-hybridized carbons (Fsp3) is 0.958. The lowest BCUT2D eigenvalue weighted by atomic mass is 9.90. The van der Waals surface area contributed by atoms with Crippen LogP contribution in [0.2, 0.25) is 0 Å². The third-order valence-electron chi connectivity index (χ3n) is 5.84. The molecule has 0 unspecified atom stereocenters. The van der Waals surface area contributed by atoms with Gasteiger partial charge < -0.3 is 4.74 Å². The van der Waals surface area contributed by atoms with Crippen molar-refractivity contribution in [3.8, 4) is 0 Å². The summed E-state index contributed by atoms with van der Waals surface area (Å²) in [7, 11) is 0. The van der Waals surface area contributed by atoms with Crippen LogP contribution in [0.15, 0.2) is 0 Å². The fourth-order valence-corrected chi connectivity index (χ4v) is 3.72. The quantitative estimate of drug-likeness (QED) is 0.169. The Morgan fingerprint density at radius 3 is 1.50 bits per heavy atom. The lowest BCUT2D eigenvalue weighted by Crippen LogP contribution is -2.33. The third kappa shape index (κ3) is 13.6. The number of unbranched alkanes of at least 4 members (excludes halogenated alkanes) is 12. The Hall–Kier alpha value is -0.530. The Balaban J connectivity index is 3.70. The molecule has 0 aliphatic heterocycles. The van der Waals surface area contributed by atoms with Crippen molar-refractivity contribution >= 4 is 5.97 Å². The Kier molecular flexibility index (Phi) is 17.5. The van der Waals surface area contributed by atoms with Gasteiger partial charge in [-0.25, -0.2) is 0 Å². The molecule has 0 N–H and O–H groups in total. The fourth-order valence-electron chi connectivity index (χ4n) is 3.72. The number of carbonyl (C=O) groups is 1. The third-order valence-corrected chi connectivity index (χ3v) is 5.84. The number of hydrogen-bond donors (Lipinski definition) is 0. The number of hydrogen-bond acceptors (Lipinski definition) is 2. The van der Waals surface area contributed by atoms with Crippen molar-refractivity contribution in [1.29, 1.82) is 0 Å². The molecule has 0 aliphatic rings. The molecule has 2 nitrogen and oxygen atoms in total. The first-order chi connectivity index (χ1) is 12.6. The first kappa shape index (κ1) is 25.5. The zero-order valence-electron chi connectivity index (χ0n) is 18.5. The molecule has 0 atom stereocenters. The van der Waals surface area contributed by atoms with Gasteiger partial charge in [0.2, 0.25) is 0 Å². The zero-order valence-corrected chi connectivity index (χ0v) is 18.5. The second kappa shape index (κ2) is 17.9. The second-order valence-corrected chi connectivity index (χ2v) is 8.11. The first-order valence-electron chi connectivity index (χ1n) is 11.9. The van der Waals surface area contributed by atoms with E-state index >= 15 is 0 Å². The summed E-state index contributed by atoms with van der Waals surface area (Å²) in [5, 5.41) is 0. The van der Waals surface area contributed by atoms with E-state index in [9.17, 15) is 4.79 Å². The van der Waals surface area contributed by atoms with Crippen LogP contribution in [0.5, 0.6) is 0 Å². The average molecular weight is 369 g/mol. The van der Waals surface area contributed by atoms with Gasteiger partial charge in [0, 0.05) is 6.42 Å². The highest BCUT2D eigenvalue weighted by atomic mass is 16.6. The van der Waals surface area contributed by atoms with E-state index in [4.69, 9.17) is 4.74 Å². The zero-order chi connectivity index (χ0) is 19.5. The van der Waals surface area contributed by atoms with Gasteiger partial charge in [0.15, 0.2) is 0 Å². The van der Waals surface area contributed by atoms with Crippen LogP contribution in [0.1, 0.15) is 143 Å². The molecular formula is C24H48O2. The Morgan fingerprint density at radius 2 is 1.04 bits per heavy atom. The molecule has 0 bridgehead atoms. The SMILES string of the molecule is CCCCCCCCCCCCCC(=O)OC(CC)(CC)CCCCC. The van der Waals surface area contributed by atoms with E-state index in [0.717, 1.165) is 25.7 Å². The normalized spacial score (nSPS) is 11.7. The van der Waals surface area contributed by atoms with Crippen LogP contribution in [0.3, 0.4) is 0 Å². The highest BCUT2D eigenvalue weighted by molar-refractivity contribution is 5.69. The Bertz CT molecular complexity index is 307. The van der Waals surface area contributed by atoms with Gasteiger partial charge in [-0.2, -0.15) is 0 Å². The van der Waals surface area contributed by atoms with Gasteiger partial charge in [-0.1, -0.05) is 105 Å². The first-order valence-corrected chi connectivity index (χ1v) is 11.9. The molecule has 0 aromatic heterocycles. The summed E-state index contributed by atoms with van der Waals surface area (Å²) < 4.78 is 5.94. The summed E-state index contributed by atoms with van der Waals surface area (Å²) >= 11 is 0. The number of ether oxygens (including phenoxy) is 1. The van der Waals surface area contributed by atoms with Gasteiger partial charge in [0.1, 0.15) is 5.60 Å². The number of carbonyl (C=O) groups excluding carboxylic acids is 1. The lowest BCUT2D eigenvalue weighted by Gasteiger charge is -2.31. The monoisotopic (exact) mass is 368 g/mol. The molecule has 0 fully saturated rings. The minimum atomic E-state index is -0.204. The highest BCUT2D eigenvalue weighted by Crippen LogP contribution is 2.28. The van der Waals surface area contributed by atoms with E-state index in [-0.39, 0.29) is 11.6 Å². The van der Waals surface area contributed by atoms with E-state index < -0.39 is 0 Å². The van der Waals surface area contributed by atoms with Crippen LogP contribution in [0.25, 0.3) is 0 Å². The molecule has 0 heterocycles. The van der Waals surface area contributed by atoms with Crippen LogP contribution < -0.4 is 0 Å². The summed E-state index contributed by atoms with van der Waals surface area (Å²) in [6, 6.07) is 0. The molecule has 0 saturated heterocycles. The Labute approximate surface area is 164 Å². The second-order valence-electron chi connectivity index (χ2n) is 8.11. The standard InChI is InChI=1S/C24H48O2/c1-5-9-11-12-13-14-15-16-17-18-19-21-23(25)26-24(7-3,8-4)22-20-10-6-2/h5-22H2,1-4H3. The van der Waals surface area contributed by atoms with Gasteiger partial charge in [-0.3, -0.25) is 4.79 Å². The van der Waals surface area contributed by atoms with Crippen LogP contribution in [-0.2, 0) is 9.53 Å².